The van der Waals surface area contributed by atoms with E-state index in [1.165, 1.54) is 25.7 Å². The third kappa shape index (κ3) is 3.42. The van der Waals surface area contributed by atoms with E-state index in [-0.39, 0.29) is 22.9 Å². The van der Waals surface area contributed by atoms with E-state index in [1.54, 1.807) is 0 Å². The molecule has 5 rings (SSSR count). The zero-order valence-electron chi connectivity index (χ0n) is 19.6. The SMILES string of the molecule is COC[C@]12CC[C@@H](O)C[C@@H]1CC[C@H]1[C@@H]3CC[C@H](C(=O)Cn4cc(C)cn4)[C@@]3(C)CC[C@@H]12. The summed E-state index contributed by atoms with van der Waals surface area (Å²) in [5.74, 6) is 3.22. The van der Waals surface area contributed by atoms with Gasteiger partial charge in [-0.3, -0.25) is 9.48 Å². The van der Waals surface area contributed by atoms with Crippen molar-refractivity contribution in [3.8, 4) is 0 Å². The normalized spacial score (nSPS) is 44.4. The Morgan fingerprint density at radius 2 is 2.03 bits per heavy atom. The zero-order chi connectivity index (χ0) is 21.8. The van der Waals surface area contributed by atoms with Gasteiger partial charge in [0.15, 0.2) is 5.78 Å². The van der Waals surface area contributed by atoms with E-state index >= 15 is 0 Å². The van der Waals surface area contributed by atoms with Crippen LogP contribution in [0.25, 0.3) is 0 Å². The number of ketones is 1. The molecule has 1 N–H and O–H groups in total. The van der Waals surface area contributed by atoms with Crippen molar-refractivity contribution in [2.75, 3.05) is 13.7 Å². The van der Waals surface area contributed by atoms with Crippen molar-refractivity contribution >= 4 is 5.78 Å². The molecule has 1 aromatic heterocycles. The highest BCUT2D eigenvalue weighted by atomic mass is 16.5. The maximum Gasteiger partial charge on any atom is 0.157 e. The molecular formula is C26H40N2O3. The highest BCUT2D eigenvalue weighted by Crippen LogP contribution is 2.67. The van der Waals surface area contributed by atoms with Crippen molar-refractivity contribution < 1.29 is 14.6 Å². The predicted molar refractivity (Wildman–Crippen MR) is 119 cm³/mol. The lowest BCUT2D eigenvalue weighted by Crippen LogP contribution is -2.57. The van der Waals surface area contributed by atoms with Crippen molar-refractivity contribution in [2.24, 2.45) is 40.4 Å². The molecule has 4 aliphatic carbocycles. The van der Waals surface area contributed by atoms with Gasteiger partial charge in [-0.05, 0) is 105 Å². The summed E-state index contributed by atoms with van der Waals surface area (Å²) in [6, 6.07) is 0. The number of fused-ring (bicyclic) bond motifs is 5. The fourth-order valence-corrected chi connectivity index (χ4v) is 8.93. The van der Waals surface area contributed by atoms with Crippen molar-refractivity contribution in [3.05, 3.63) is 18.0 Å². The summed E-state index contributed by atoms with van der Waals surface area (Å²) in [5.41, 5.74) is 1.49. The second-order valence-corrected chi connectivity index (χ2v) is 11.6. The minimum Gasteiger partial charge on any atom is -0.393 e. The topological polar surface area (TPSA) is 64.3 Å². The van der Waals surface area contributed by atoms with E-state index in [0.29, 0.717) is 36.0 Å². The quantitative estimate of drug-likeness (QED) is 0.755. The number of aryl methyl sites for hydroxylation is 1. The summed E-state index contributed by atoms with van der Waals surface area (Å²) in [6.45, 7) is 5.72. The van der Waals surface area contributed by atoms with Crippen LogP contribution in [0.15, 0.2) is 12.4 Å². The van der Waals surface area contributed by atoms with Crippen LogP contribution in [0.1, 0.15) is 70.3 Å². The van der Waals surface area contributed by atoms with E-state index < -0.39 is 0 Å². The van der Waals surface area contributed by atoms with Gasteiger partial charge in [-0.25, -0.2) is 0 Å². The summed E-state index contributed by atoms with van der Waals surface area (Å²) in [5, 5.41) is 14.7. The second-order valence-electron chi connectivity index (χ2n) is 11.6. The summed E-state index contributed by atoms with van der Waals surface area (Å²) >= 11 is 0. The molecule has 4 fully saturated rings. The van der Waals surface area contributed by atoms with Crippen LogP contribution in [0, 0.1) is 47.3 Å². The highest BCUT2D eigenvalue weighted by molar-refractivity contribution is 5.82. The minimum atomic E-state index is -0.125. The number of hydrogen-bond donors (Lipinski definition) is 1. The molecule has 0 spiro atoms. The maximum absolute atomic E-state index is 13.4. The van der Waals surface area contributed by atoms with Crippen molar-refractivity contribution in [2.45, 2.75) is 84.3 Å². The first kappa shape index (κ1) is 21.6. The molecule has 1 heterocycles. The number of ether oxygens (including phenoxy) is 1. The summed E-state index contributed by atoms with van der Waals surface area (Å²) in [4.78, 5) is 13.4. The van der Waals surface area contributed by atoms with Gasteiger partial charge in [-0.2, -0.15) is 5.10 Å². The van der Waals surface area contributed by atoms with Crippen molar-refractivity contribution in [1.82, 2.24) is 9.78 Å². The number of methoxy groups -OCH3 is 1. The smallest absolute Gasteiger partial charge is 0.157 e. The van der Waals surface area contributed by atoms with E-state index in [0.717, 1.165) is 44.3 Å². The summed E-state index contributed by atoms with van der Waals surface area (Å²) in [7, 11) is 1.86. The van der Waals surface area contributed by atoms with Crippen LogP contribution in [-0.2, 0) is 16.1 Å². The van der Waals surface area contributed by atoms with Crippen LogP contribution in [0.4, 0.5) is 0 Å². The number of Topliss-reactive ketones (excluding diaryl/α,β-unsaturated/α-hetero) is 1. The van der Waals surface area contributed by atoms with Gasteiger partial charge < -0.3 is 9.84 Å². The third-order valence-corrected chi connectivity index (χ3v) is 10.2. The Morgan fingerprint density at radius 1 is 1.19 bits per heavy atom. The number of carbonyl (C=O) groups is 1. The van der Waals surface area contributed by atoms with Gasteiger partial charge in [0.05, 0.1) is 25.5 Å². The van der Waals surface area contributed by atoms with E-state index in [2.05, 4.69) is 12.0 Å². The van der Waals surface area contributed by atoms with Gasteiger partial charge >= 0.3 is 0 Å². The van der Waals surface area contributed by atoms with E-state index in [4.69, 9.17) is 4.74 Å². The van der Waals surface area contributed by atoms with Gasteiger partial charge in [-0.15, -0.1) is 0 Å². The second kappa shape index (κ2) is 7.98. The van der Waals surface area contributed by atoms with Crippen LogP contribution in [0.3, 0.4) is 0 Å². The molecule has 5 heteroatoms. The average Bonchev–Trinajstić information content (AvgIpc) is 3.30. The zero-order valence-corrected chi connectivity index (χ0v) is 19.6. The highest BCUT2D eigenvalue weighted by Gasteiger charge is 2.62. The van der Waals surface area contributed by atoms with Gasteiger partial charge in [0.2, 0.25) is 0 Å². The summed E-state index contributed by atoms with van der Waals surface area (Å²) < 4.78 is 7.67. The molecule has 0 aromatic carbocycles. The lowest BCUT2D eigenvalue weighted by molar-refractivity contribution is -0.161. The van der Waals surface area contributed by atoms with Gasteiger partial charge in [0.1, 0.15) is 0 Å². The number of rotatable bonds is 5. The fraction of sp³-hybridized carbons (Fsp3) is 0.846. The molecular weight excluding hydrogens is 388 g/mol. The van der Waals surface area contributed by atoms with Crippen molar-refractivity contribution in [3.63, 3.8) is 0 Å². The Labute approximate surface area is 186 Å². The number of nitrogens with zero attached hydrogens (tertiary/aromatic N) is 2. The number of aliphatic hydroxyl groups excluding tert-OH is 1. The Bertz CT molecular complexity index is 821. The molecule has 0 bridgehead atoms. The first-order valence-electron chi connectivity index (χ1n) is 12.6. The Morgan fingerprint density at radius 3 is 2.77 bits per heavy atom. The van der Waals surface area contributed by atoms with Crippen LogP contribution in [0.5, 0.6) is 0 Å². The molecule has 4 aliphatic rings. The van der Waals surface area contributed by atoms with Gasteiger partial charge in [0, 0.05) is 19.2 Å². The maximum atomic E-state index is 13.4. The largest absolute Gasteiger partial charge is 0.393 e. The van der Waals surface area contributed by atoms with Crippen LogP contribution in [0.2, 0.25) is 0 Å². The molecule has 1 aromatic rings. The monoisotopic (exact) mass is 428 g/mol. The van der Waals surface area contributed by atoms with Gasteiger partial charge in [0.25, 0.3) is 0 Å². The Hall–Kier alpha value is -1.20. The minimum absolute atomic E-state index is 0.125. The van der Waals surface area contributed by atoms with Crippen LogP contribution >= 0.6 is 0 Å². The average molecular weight is 429 g/mol. The number of aliphatic hydroxyl groups is 1. The number of aromatic nitrogens is 2. The predicted octanol–water partition coefficient (Wildman–Crippen LogP) is 4.41. The molecule has 0 radical (unpaired) electrons. The molecule has 4 saturated carbocycles. The molecule has 0 amide bonds. The molecule has 8 atom stereocenters. The summed E-state index contributed by atoms with van der Waals surface area (Å²) in [6.07, 6.45) is 13.8. The fourth-order valence-electron chi connectivity index (χ4n) is 8.93. The van der Waals surface area contributed by atoms with E-state index in [1.807, 2.05) is 31.1 Å². The Kier molecular flexibility index (Phi) is 5.57. The van der Waals surface area contributed by atoms with E-state index in [9.17, 15) is 9.90 Å². The number of carbonyl (C=O) groups excluding carboxylic acids is 1. The van der Waals surface area contributed by atoms with Gasteiger partial charge in [-0.1, -0.05) is 6.92 Å². The third-order valence-electron chi connectivity index (χ3n) is 10.2. The molecule has 172 valence electrons. The lowest BCUT2D eigenvalue weighted by atomic mass is 9.44. The first-order valence-corrected chi connectivity index (χ1v) is 12.6. The van der Waals surface area contributed by atoms with Crippen LogP contribution in [-0.4, -0.2) is 40.5 Å². The Balaban J connectivity index is 1.37. The standard InChI is InChI=1S/C26H40N2O3/c1-17-13-27-28(14-17)15-24(30)23-7-6-21-20-5-4-18-12-19(29)8-11-26(18,16-31-3)22(20)9-10-25(21,23)2/h13-14,18-23,29H,4-12,15-16H2,1-3H3/t18-,19+,20-,21-,22-,23+,25-,26+/m0/s1. The van der Waals surface area contributed by atoms with Crippen LogP contribution < -0.4 is 0 Å². The number of hydrogen-bond acceptors (Lipinski definition) is 4. The van der Waals surface area contributed by atoms with Crippen molar-refractivity contribution in [1.29, 1.82) is 0 Å². The molecule has 31 heavy (non-hydrogen) atoms. The molecule has 0 aliphatic heterocycles. The molecule has 0 unspecified atom stereocenters. The first-order chi connectivity index (χ1) is 14.9. The molecule has 5 nitrogen and oxygen atoms in total. The molecule has 0 saturated heterocycles. The lowest BCUT2D eigenvalue weighted by Gasteiger charge is -2.61.